The number of rotatable bonds is 3. The minimum Gasteiger partial charge on any atom is -0.508 e. The maximum absolute atomic E-state index is 10.8. The number of ketones is 3. The van der Waals surface area contributed by atoms with Crippen LogP contribution in [0, 0.1) is 0 Å². The van der Waals surface area contributed by atoms with E-state index < -0.39 is 0 Å². The summed E-state index contributed by atoms with van der Waals surface area (Å²) >= 11 is 5.70. The Hall–Kier alpha value is -3.44. The number of para-hydroxylation sites is 1. The average molecular weight is 487 g/mol. The summed E-state index contributed by atoms with van der Waals surface area (Å²) in [5.74, 6) is 0.0438. The number of hydrogen-bond donors (Lipinski definition) is 2. The van der Waals surface area contributed by atoms with Crippen LogP contribution in [-0.4, -0.2) is 27.6 Å². The Labute approximate surface area is 208 Å². The monoisotopic (exact) mass is 486 g/mol. The topological polar surface area (TPSA) is 91.7 Å². The predicted octanol–water partition coefficient (Wildman–Crippen LogP) is 7.78. The van der Waals surface area contributed by atoms with Crippen LogP contribution in [0.15, 0.2) is 72.8 Å². The summed E-state index contributed by atoms with van der Waals surface area (Å²) in [6.07, 6.45) is 0. The first-order valence-electron chi connectivity index (χ1n) is 11.0. The Morgan fingerprint density at radius 3 is 1.41 bits per heavy atom. The van der Waals surface area contributed by atoms with Gasteiger partial charge in [-0.05, 0) is 57.2 Å². The molecule has 0 unspecified atom stereocenters. The maximum Gasteiger partial charge on any atom is 0.163 e. The second kappa shape index (κ2) is 19.1. The highest BCUT2D eigenvalue weighted by molar-refractivity contribution is 6.33. The van der Waals surface area contributed by atoms with E-state index in [1.807, 2.05) is 27.7 Å². The minimum atomic E-state index is -0.113. The standard InChI is InChI=1S/C8H7ClO.2C8H8O2.2C2H6/c1-6(10)7-4-2-3-5-8(7)9;1-6(9)7-3-2-4-8(10)5-7;1-6(9)7-4-2-3-5-8(7)10;2*1-2/h2-5H,1H3;2*2-5,10H,1H3;2*1-2H3. The van der Waals surface area contributed by atoms with Gasteiger partial charge in [0.2, 0.25) is 0 Å². The fourth-order valence-corrected chi connectivity index (χ4v) is 2.51. The zero-order chi connectivity index (χ0) is 26.7. The van der Waals surface area contributed by atoms with Crippen LogP contribution in [0.2, 0.25) is 5.02 Å². The maximum atomic E-state index is 10.8. The number of halogens is 1. The first kappa shape index (κ1) is 32.7. The van der Waals surface area contributed by atoms with E-state index >= 15 is 0 Å². The fraction of sp³-hybridized carbons (Fsp3) is 0.250. The molecule has 0 aliphatic carbocycles. The van der Waals surface area contributed by atoms with E-state index in [4.69, 9.17) is 21.8 Å². The van der Waals surface area contributed by atoms with Gasteiger partial charge in [-0.25, -0.2) is 0 Å². The normalized spacial score (nSPS) is 8.59. The molecule has 0 aromatic heterocycles. The van der Waals surface area contributed by atoms with Gasteiger partial charge in [0.1, 0.15) is 11.5 Å². The molecule has 0 radical (unpaired) electrons. The molecule has 3 rings (SSSR count). The van der Waals surface area contributed by atoms with E-state index in [0.717, 1.165) is 0 Å². The molecule has 0 amide bonds. The molecule has 0 fully saturated rings. The van der Waals surface area contributed by atoms with E-state index in [9.17, 15) is 14.4 Å². The van der Waals surface area contributed by atoms with Crippen molar-refractivity contribution in [2.45, 2.75) is 48.5 Å². The van der Waals surface area contributed by atoms with E-state index in [0.29, 0.717) is 21.7 Å². The fourth-order valence-electron chi connectivity index (χ4n) is 2.24. The number of phenols is 2. The van der Waals surface area contributed by atoms with Crippen molar-refractivity contribution in [1.29, 1.82) is 0 Å². The Bertz CT molecular complexity index is 973. The third-order valence-electron chi connectivity index (χ3n) is 3.79. The lowest BCUT2D eigenvalue weighted by atomic mass is 10.1. The summed E-state index contributed by atoms with van der Waals surface area (Å²) in [6.45, 7) is 12.4. The number of Topliss-reactive ketones (excluding diaryl/α,β-unsaturated/α-hetero) is 3. The van der Waals surface area contributed by atoms with Crippen LogP contribution in [0.4, 0.5) is 0 Å². The summed E-state index contributed by atoms with van der Waals surface area (Å²) in [7, 11) is 0. The van der Waals surface area contributed by atoms with Gasteiger partial charge in [0.25, 0.3) is 0 Å². The lowest BCUT2D eigenvalue weighted by molar-refractivity contribution is 0.100. The molecule has 34 heavy (non-hydrogen) atoms. The van der Waals surface area contributed by atoms with Gasteiger partial charge in [0, 0.05) is 11.1 Å². The van der Waals surface area contributed by atoms with Crippen LogP contribution in [0.25, 0.3) is 0 Å². The molecule has 0 saturated carbocycles. The third kappa shape index (κ3) is 13.2. The summed E-state index contributed by atoms with van der Waals surface area (Å²) in [6, 6.07) is 19.8. The van der Waals surface area contributed by atoms with Crippen LogP contribution in [-0.2, 0) is 0 Å². The molecule has 0 aliphatic rings. The second-order valence-electron chi connectivity index (χ2n) is 6.22. The van der Waals surface area contributed by atoms with Gasteiger partial charge in [-0.1, -0.05) is 75.7 Å². The molecule has 3 aromatic carbocycles. The van der Waals surface area contributed by atoms with Crippen molar-refractivity contribution < 1.29 is 24.6 Å². The molecule has 5 nitrogen and oxygen atoms in total. The number of phenolic OH excluding ortho intramolecular Hbond substituents is 2. The first-order valence-corrected chi connectivity index (χ1v) is 11.4. The van der Waals surface area contributed by atoms with Gasteiger partial charge in [0.15, 0.2) is 17.3 Å². The first-order chi connectivity index (χ1) is 16.1. The molecule has 0 bridgehead atoms. The van der Waals surface area contributed by atoms with E-state index in [1.54, 1.807) is 54.6 Å². The molecule has 0 spiro atoms. The molecule has 0 saturated heterocycles. The summed E-state index contributed by atoms with van der Waals surface area (Å²) in [5.41, 5.74) is 1.51. The van der Waals surface area contributed by atoms with Gasteiger partial charge in [-0.15, -0.1) is 0 Å². The van der Waals surface area contributed by atoms with Gasteiger partial charge in [0.05, 0.1) is 10.6 Å². The zero-order valence-corrected chi connectivity index (χ0v) is 21.7. The Morgan fingerprint density at radius 2 is 1.09 bits per heavy atom. The van der Waals surface area contributed by atoms with Crippen molar-refractivity contribution in [2.24, 2.45) is 0 Å². The number of carbonyl (C=O) groups excluding carboxylic acids is 3. The van der Waals surface area contributed by atoms with Crippen molar-refractivity contribution in [3.8, 4) is 11.5 Å². The van der Waals surface area contributed by atoms with Crippen molar-refractivity contribution in [1.82, 2.24) is 0 Å². The van der Waals surface area contributed by atoms with E-state index in [2.05, 4.69) is 0 Å². The molecule has 3 aromatic rings. The Morgan fingerprint density at radius 1 is 0.618 bits per heavy atom. The van der Waals surface area contributed by atoms with Crippen LogP contribution >= 0.6 is 11.6 Å². The molecular weight excluding hydrogens is 452 g/mol. The largest absolute Gasteiger partial charge is 0.508 e. The molecule has 0 heterocycles. The van der Waals surface area contributed by atoms with Crippen molar-refractivity contribution in [3.63, 3.8) is 0 Å². The molecule has 2 N–H and O–H groups in total. The van der Waals surface area contributed by atoms with Crippen LogP contribution in [0.1, 0.15) is 79.5 Å². The average Bonchev–Trinajstić information content (AvgIpc) is 2.83. The number of hydrogen-bond acceptors (Lipinski definition) is 5. The van der Waals surface area contributed by atoms with Gasteiger partial charge in [-0.2, -0.15) is 0 Å². The third-order valence-corrected chi connectivity index (χ3v) is 4.12. The quantitative estimate of drug-likeness (QED) is 0.368. The summed E-state index contributed by atoms with van der Waals surface area (Å²) in [5, 5.41) is 18.5. The number of benzene rings is 3. The summed E-state index contributed by atoms with van der Waals surface area (Å²) in [4.78, 5) is 32.2. The molecule has 184 valence electrons. The number of carbonyl (C=O) groups is 3. The van der Waals surface area contributed by atoms with Crippen LogP contribution in [0.3, 0.4) is 0 Å². The number of aromatic hydroxyl groups is 2. The SMILES string of the molecule is CC.CC.CC(=O)c1cccc(O)c1.CC(=O)c1ccccc1Cl.CC(=O)c1ccccc1O. The smallest absolute Gasteiger partial charge is 0.163 e. The van der Waals surface area contributed by atoms with Gasteiger partial charge in [-0.3, -0.25) is 14.4 Å². The zero-order valence-electron chi connectivity index (χ0n) is 20.9. The van der Waals surface area contributed by atoms with Crippen molar-refractivity contribution in [2.75, 3.05) is 0 Å². The Kier molecular flexibility index (Phi) is 18.4. The van der Waals surface area contributed by atoms with E-state index in [1.165, 1.54) is 39.0 Å². The van der Waals surface area contributed by atoms with Crippen LogP contribution < -0.4 is 0 Å². The minimum absolute atomic E-state index is 0.00519. The molecule has 6 heteroatoms. The second-order valence-corrected chi connectivity index (χ2v) is 6.62. The van der Waals surface area contributed by atoms with Gasteiger partial charge < -0.3 is 10.2 Å². The van der Waals surface area contributed by atoms with Crippen molar-refractivity contribution in [3.05, 3.63) is 94.5 Å². The van der Waals surface area contributed by atoms with Crippen LogP contribution in [0.5, 0.6) is 11.5 Å². The highest BCUT2D eigenvalue weighted by Crippen LogP contribution is 2.15. The molecule has 0 aliphatic heterocycles. The van der Waals surface area contributed by atoms with Crippen molar-refractivity contribution >= 4 is 29.0 Å². The molecule has 0 atom stereocenters. The lowest BCUT2D eigenvalue weighted by Crippen LogP contribution is -1.91. The van der Waals surface area contributed by atoms with Gasteiger partial charge >= 0.3 is 0 Å². The molecular formula is C28H35ClO5. The Balaban J connectivity index is 0. The highest BCUT2D eigenvalue weighted by Gasteiger charge is 2.02. The van der Waals surface area contributed by atoms with E-state index in [-0.39, 0.29) is 28.8 Å². The lowest BCUT2D eigenvalue weighted by Gasteiger charge is -1.96. The summed E-state index contributed by atoms with van der Waals surface area (Å²) < 4.78 is 0. The highest BCUT2D eigenvalue weighted by atomic mass is 35.5. The predicted molar refractivity (Wildman–Crippen MR) is 140 cm³/mol.